The Morgan fingerprint density at radius 2 is 2.08 bits per heavy atom. The van der Waals surface area contributed by atoms with Crippen LogP contribution < -0.4 is 5.32 Å². The van der Waals surface area contributed by atoms with Gasteiger partial charge in [0.15, 0.2) is 0 Å². The van der Waals surface area contributed by atoms with Gasteiger partial charge in [-0.3, -0.25) is 0 Å². The van der Waals surface area contributed by atoms with Gasteiger partial charge in [0.25, 0.3) is 0 Å². The molecular weight excluding hydrogens is 162 g/mol. The summed E-state index contributed by atoms with van der Waals surface area (Å²) < 4.78 is 0. The van der Waals surface area contributed by atoms with Crippen LogP contribution in [0, 0.1) is 0 Å². The van der Waals surface area contributed by atoms with E-state index < -0.39 is 0 Å². The molecule has 0 spiro atoms. The topological polar surface area (TPSA) is 29.1 Å². The highest BCUT2D eigenvalue weighted by molar-refractivity contribution is 5.58. The minimum Gasteiger partial charge on any atom is -0.307 e. The fraction of sp³-hybridized carbons (Fsp3) is 0.364. The third kappa shape index (κ3) is 1.78. The van der Waals surface area contributed by atoms with Crippen molar-refractivity contribution in [3.8, 4) is 0 Å². The summed E-state index contributed by atoms with van der Waals surface area (Å²) in [4.78, 5) is 10.5. The van der Waals surface area contributed by atoms with Gasteiger partial charge in [-0.15, -0.1) is 0 Å². The zero-order valence-electron chi connectivity index (χ0n) is 7.44. The average Bonchev–Trinajstić information content (AvgIpc) is 2.67. The highest BCUT2D eigenvalue weighted by atomic mass is 16.1. The van der Waals surface area contributed by atoms with Gasteiger partial charge in [0.1, 0.15) is 6.29 Å². The number of carbonyl (C=O) groups is 1. The smallest absolute Gasteiger partial charge is 0.136 e. The lowest BCUT2D eigenvalue weighted by molar-refractivity contribution is -0.109. The molecule has 1 saturated heterocycles. The number of nitrogens with one attached hydrogen (secondary N) is 1. The molecule has 2 unspecified atom stereocenters. The van der Waals surface area contributed by atoms with Crippen LogP contribution in [0.4, 0.5) is 0 Å². The Labute approximate surface area is 78.0 Å². The van der Waals surface area contributed by atoms with E-state index in [0.29, 0.717) is 5.92 Å². The minimum atomic E-state index is 0.0604. The maximum absolute atomic E-state index is 10.5. The van der Waals surface area contributed by atoms with Gasteiger partial charge < -0.3 is 10.1 Å². The van der Waals surface area contributed by atoms with Crippen LogP contribution in [0.25, 0.3) is 0 Å². The van der Waals surface area contributed by atoms with Crippen molar-refractivity contribution in [1.29, 1.82) is 0 Å². The van der Waals surface area contributed by atoms with Crippen molar-refractivity contribution >= 4 is 6.29 Å². The normalized spacial score (nSPS) is 27.4. The first-order chi connectivity index (χ1) is 6.40. The molecule has 13 heavy (non-hydrogen) atoms. The lowest BCUT2D eigenvalue weighted by atomic mass is 9.97. The third-order valence-corrected chi connectivity index (χ3v) is 2.60. The van der Waals surface area contributed by atoms with E-state index in [1.54, 1.807) is 0 Å². The fourth-order valence-electron chi connectivity index (χ4n) is 1.85. The van der Waals surface area contributed by atoms with E-state index in [1.165, 1.54) is 5.56 Å². The van der Waals surface area contributed by atoms with Crippen LogP contribution in [-0.4, -0.2) is 18.9 Å². The summed E-state index contributed by atoms with van der Waals surface area (Å²) in [5, 5.41) is 3.19. The van der Waals surface area contributed by atoms with E-state index in [-0.39, 0.29) is 6.04 Å². The minimum absolute atomic E-state index is 0.0604. The standard InChI is InChI=1S/C11H13NO/c13-8-11-6-10(7-12-11)9-4-2-1-3-5-9/h1-5,8,10-12H,6-7H2. The summed E-state index contributed by atoms with van der Waals surface area (Å²) in [7, 11) is 0. The second-order valence-corrected chi connectivity index (χ2v) is 3.49. The van der Waals surface area contributed by atoms with Gasteiger partial charge in [-0.05, 0) is 17.9 Å². The van der Waals surface area contributed by atoms with Crippen molar-refractivity contribution < 1.29 is 4.79 Å². The van der Waals surface area contributed by atoms with E-state index in [4.69, 9.17) is 0 Å². The second-order valence-electron chi connectivity index (χ2n) is 3.49. The molecule has 1 aromatic carbocycles. The predicted molar refractivity (Wildman–Crippen MR) is 51.7 cm³/mol. The predicted octanol–water partition coefficient (Wildman–Crippen LogP) is 1.33. The summed E-state index contributed by atoms with van der Waals surface area (Å²) in [5.41, 5.74) is 1.33. The summed E-state index contributed by atoms with van der Waals surface area (Å²) in [6, 6.07) is 10.4. The van der Waals surface area contributed by atoms with Crippen LogP contribution in [0.2, 0.25) is 0 Å². The average molecular weight is 175 g/mol. The molecule has 1 heterocycles. The summed E-state index contributed by atoms with van der Waals surface area (Å²) >= 11 is 0. The van der Waals surface area contributed by atoms with Crippen LogP contribution in [-0.2, 0) is 4.79 Å². The Morgan fingerprint density at radius 1 is 1.31 bits per heavy atom. The molecule has 2 nitrogen and oxygen atoms in total. The van der Waals surface area contributed by atoms with Gasteiger partial charge >= 0.3 is 0 Å². The largest absolute Gasteiger partial charge is 0.307 e. The molecule has 0 radical (unpaired) electrons. The van der Waals surface area contributed by atoms with Crippen LogP contribution >= 0.6 is 0 Å². The first-order valence-electron chi connectivity index (χ1n) is 4.64. The molecule has 0 bridgehead atoms. The SMILES string of the molecule is O=CC1CC(c2ccccc2)CN1. The van der Waals surface area contributed by atoms with E-state index in [9.17, 15) is 4.79 Å². The van der Waals surface area contributed by atoms with Gasteiger partial charge in [0, 0.05) is 6.54 Å². The molecule has 0 amide bonds. The molecule has 1 fully saturated rings. The first-order valence-corrected chi connectivity index (χ1v) is 4.64. The number of carbonyl (C=O) groups excluding carboxylic acids is 1. The highest BCUT2D eigenvalue weighted by Gasteiger charge is 2.24. The van der Waals surface area contributed by atoms with Crippen LogP contribution in [0.3, 0.4) is 0 Å². The molecule has 1 aliphatic rings. The van der Waals surface area contributed by atoms with E-state index in [2.05, 4.69) is 17.4 Å². The second kappa shape index (κ2) is 3.71. The van der Waals surface area contributed by atoms with Crippen LogP contribution in [0.15, 0.2) is 30.3 Å². The van der Waals surface area contributed by atoms with Gasteiger partial charge in [0.05, 0.1) is 6.04 Å². The maximum atomic E-state index is 10.5. The maximum Gasteiger partial charge on any atom is 0.136 e. The van der Waals surface area contributed by atoms with E-state index in [1.807, 2.05) is 18.2 Å². The van der Waals surface area contributed by atoms with Gasteiger partial charge in [-0.1, -0.05) is 30.3 Å². The van der Waals surface area contributed by atoms with Crippen molar-refractivity contribution in [2.24, 2.45) is 0 Å². The molecule has 1 aromatic rings. The van der Waals surface area contributed by atoms with Gasteiger partial charge in [0.2, 0.25) is 0 Å². The summed E-state index contributed by atoms with van der Waals surface area (Å²) in [6.45, 7) is 0.924. The molecule has 2 heteroatoms. The molecule has 2 atom stereocenters. The molecule has 1 aliphatic heterocycles. The lowest BCUT2D eigenvalue weighted by Crippen LogP contribution is -2.22. The van der Waals surface area contributed by atoms with Crippen LogP contribution in [0.1, 0.15) is 17.9 Å². The van der Waals surface area contributed by atoms with Crippen molar-refractivity contribution in [2.75, 3.05) is 6.54 Å². The third-order valence-electron chi connectivity index (χ3n) is 2.60. The Kier molecular flexibility index (Phi) is 2.41. The number of rotatable bonds is 2. The van der Waals surface area contributed by atoms with Gasteiger partial charge in [-0.2, -0.15) is 0 Å². The monoisotopic (exact) mass is 175 g/mol. The molecule has 0 saturated carbocycles. The molecule has 0 aliphatic carbocycles. The number of hydrogen-bond donors (Lipinski definition) is 1. The Bertz CT molecular complexity index is 283. The number of aldehydes is 1. The van der Waals surface area contributed by atoms with Crippen molar-refractivity contribution in [1.82, 2.24) is 5.32 Å². The highest BCUT2D eigenvalue weighted by Crippen LogP contribution is 2.24. The van der Waals surface area contributed by atoms with Gasteiger partial charge in [-0.25, -0.2) is 0 Å². The Hall–Kier alpha value is -1.15. The first kappa shape index (κ1) is 8.45. The lowest BCUT2D eigenvalue weighted by Gasteiger charge is -2.07. The molecule has 0 aromatic heterocycles. The van der Waals surface area contributed by atoms with Crippen LogP contribution in [0.5, 0.6) is 0 Å². The molecule has 68 valence electrons. The fourth-order valence-corrected chi connectivity index (χ4v) is 1.85. The van der Waals surface area contributed by atoms with Crippen molar-refractivity contribution in [2.45, 2.75) is 18.4 Å². The van der Waals surface area contributed by atoms with E-state index in [0.717, 1.165) is 19.3 Å². The molecule has 2 rings (SSSR count). The van der Waals surface area contributed by atoms with E-state index >= 15 is 0 Å². The molecular formula is C11H13NO. The quantitative estimate of drug-likeness (QED) is 0.687. The van der Waals surface area contributed by atoms with Crippen molar-refractivity contribution in [3.05, 3.63) is 35.9 Å². The summed E-state index contributed by atoms with van der Waals surface area (Å²) in [5.74, 6) is 0.511. The Morgan fingerprint density at radius 3 is 2.69 bits per heavy atom. The number of benzene rings is 1. The summed E-state index contributed by atoms with van der Waals surface area (Å²) in [6.07, 6.45) is 1.94. The Balaban J connectivity index is 2.08. The zero-order valence-corrected chi connectivity index (χ0v) is 7.44. The number of hydrogen-bond acceptors (Lipinski definition) is 2. The zero-order chi connectivity index (χ0) is 9.10. The van der Waals surface area contributed by atoms with Crippen molar-refractivity contribution in [3.63, 3.8) is 0 Å². The molecule has 1 N–H and O–H groups in total.